The fourth-order valence-electron chi connectivity index (χ4n) is 1.15. The molecule has 0 fully saturated rings. The number of ether oxygens (including phenoxy) is 1. The molecule has 0 saturated heterocycles. The Morgan fingerprint density at radius 2 is 2.18 bits per heavy atom. The van der Waals surface area contributed by atoms with Crippen LogP contribution >= 0.6 is 0 Å². The van der Waals surface area contributed by atoms with Gasteiger partial charge < -0.3 is 9.84 Å². The lowest BCUT2D eigenvalue weighted by Crippen LogP contribution is -2.45. The van der Waals surface area contributed by atoms with Crippen LogP contribution in [0.2, 0.25) is 0 Å². The van der Waals surface area contributed by atoms with E-state index < -0.39 is 6.09 Å². The second-order valence-electron chi connectivity index (χ2n) is 3.32. The largest absolute Gasteiger partial charge is 0.452 e. The summed E-state index contributed by atoms with van der Waals surface area (Å²) in [6, 6.07) is 9.30. The molecule has 5 heteroatoms. The number of aliphatic hydroxyl groups is 1. The van der Waals surface area contributed by atoms with Crippen molar-refractivity contribution in [3.8, 4) is 0 Å². The molecule has 0 aliphatic heterocycles. The minimum Gasteiger partial charge on any atom is -0.452 e. The topological polar surface area (TPSA) is 70.6 Å². The van der Waals surface area contributed by atoms with Crippen molar-refractivity contribution in [2.24, 2.45) is 0 Å². The molecule has 0 heterocycles. The van der Waals surface area contributed by atoms with E-state index in [1.807, 2.05) is 36.4 Å². The molecule has 0 spiro atoms. The predicted molar refractivity (Wildman–Crippen MR) is 65.0 cm³/mol. The van der Waals surface area contributed by atoms with Crippen molar-refractivity contribution in [3.05, 3.63) is 42.0 Å². The van der Waals surface area contributed by atoms with Gasteiger partial charge in [0.1, 0.15) is 0 Å². The van der Waals surface area contributed by atoms with Crippen LogP contribution in [0.15, 0.2) is 36.4 Å². The Morgan fingerprint density at radius 3 is 2.76 bits per heavy atom. The Balaban J connectivity index is 2.46. The number of benzene rings is 1. The highest BCUT2D eigenvalue weighted by atomic mass is 16.5. The van der Waals surface area contributed by atoms with Crippen molar-refractivity contribution >= 4 is 12.2 Å². The first-order valence-electron chi connectivity index (χ1n) is 5.20. The normalized spacial score (nSPS) is 12.4. The summed E-state index contributed by atoms with van der Waals surface area (Å²) >= 11 is 0. The maximum absolute atomic E-state index is 10.8. The van der Waals surface area contributed by atoms with Gasteiger partial charge in [0.15, 0.2) is 0 Å². The van der Waals surface area contributed by atoms with Crippen LogP contribution in [-0.4, -0.2) is 31.0 Å². The van der Waals surface area contributed by atoms with Crippen molar-refractivity contribution in [3.63, 3.8) is 0 Å². The van der Waals surface area contributed by atoms with Gasteiger partial charge in [0, 0.05) is 0 Å². The molecule has 17 heavy (non-hydrogen) atoms. The van der Waals surface area contributed by atoms with Crippen LogP contribution in [0.25, 0.3) is 6.08 Å². The number of nitrogens with one attached hydrogen (secondary N) is 2. The summed E-state index contributed by atoms with van der Waals surface area (Å²) in [6.07, 6.45) is 3.01. The molecule has 3 N–H and O–H groups in total. The molecule has 1 aromatic rings. The molecule has 0 radical (unpaired) electrons. The number of rotatable bonds is 5. The average molecular weight is 236 g/mol. The van der Waals surface area contributed by atoms with Gasteiger partial charge in [-0.15, -0.1) is 0 Å². The smallest absolute Gasteiger partial charge is 0.421 e. The number of hydrogen-bond acceptors (Lipinski definition) is 4. The maximum atomic E-state index is 10.8. The van der Waals surface area contributed by atoms with E-state index >= 15 is 0 Å². The fraction of sp³-hybridized carbons (Fsp3) is 0.250. The van der Waals surface area contributed by atoms with Gasteiger partial charge in [-0.3, -0.25) is 5.43 Å². The molecule has 1 aromatic carbocycles. The second-order valence-corrected chi connectivity index (χ2v) is 3.32. The quantitative estimate of drug-likeness (QED) is 0.665. The fourth-order valence-corrected chi connectivity index (χ4v) is 1.15. The first-order chi connectivity index (χ1) is 8.26. The minimum atomic E-state index is -0.600. The summed E-state index contributed by atoms with van der Waals surface area (Å²) < 4.78 is 4.39. The molecule has 0 aliphatic carbocycles. The second kappa shape index (κ2) is 7.43. The van der Waals surface area contributed by atoms with Gasteiger partial charge in [0.05, 0.1) is 19.8 Å². The molecule has 92 valence electrons. The number of hydrazine groups is 1. The van der Waals surface area contributed by atoms with Crippen LogP contribution in [-0.2, 0) is 4.74 Å². The van der Waals surface area contributed by atoms with Crippen molar-refractivity contribution < 1.29 is 14.6 Å². The summed E-state index contributed by atoms with van der Waals surface area (Å²) in [5, 5.41) is 9.08. The number of methoxy groups -OCH3 is 1. The van der Waals surface area contributed by atoms with Gasteiger partial charge in [-0.05, 0) is 5.56 Å². The molecule has 0 bridgehead atoms. The number of carbonyl (C=O) groups excluding carboxylic acids is 1. The van der Waals surface area contributed by atoms with Crippen LogP contribution in [0.1, 0.15) is 5.56 Å². The summed E-state index contributed by atoms with van der Waals surface area (Å²) in [4.78, 5) is 10.8. The van der Waals surface area contributed by atoms with Crippen LogP contribution in [0.5, 0.6) is 0 Å². The standard InChI is InChI=1S/C12H16N2O3/c1-17-12(16)14-13-11(9-15)8-7-10-5-3-2-4-6-10/h2-8,11,13,15H,9H2,1H3,(H,14,16)/b8-7+. The van der Waals surface area contributed by atoms with E-state index in [1.165, 1.54) is 7.11 Å². The third kappa shape index (κ3) is 5.14. The van der Waals surface area contributed by atoms with Crippen LogP contribution in [0.3, 0.4) is 0 Å². The Bertz CT molecular complexity index is 365. The van der Waals surface area contributed by atoms with Gasteiger partial charge >= 0.3 is 6.09 Å². The first kappa shape index (κ1) is 13.2. The highest BCUT2D eigenvalue weighted by Gasteiger charge is 2.04. The Kier molecular flexibility index (Phi) is 5.77. The van der Waals surface area contributed by atoms with Gasteiger partial charge in [0.25, 0.3) is 0 Å². The lowest BCUT2D eigenvalue weighted by Gasteiger charge is -2.12. The van der Waals surface area contributed by atoms with Crippen molar-refractivity contribution in [1.29, 1.82) is 0 Å². The minimum absolute atomic E-state index is 0.132. The highest BCUT2D eigenvalue weighted by Crippen LogP contribution is 2.01. The molecule has 0 saturated carbocycles. The van der Waals surface area contributed by atoms with E-state index in [2.05, 4.69) is 15.6 Å². The molecule has 0 aromatic heterocycles. The van der Waals surface area contributed by atoms with E-state index in [-0.39, 0.29) is 12.6 Å². The molecular formula is C12H16N2O3. The lowest BCUT2D eigenvalue weighted by molar-refractivity contribution is 0.161. The lowest BCUT2D eigenvalue weighted by atomic mass is 10.2. The SMILES string of the molecule is COC(=O)NNC(/C=C/c1ccccc1)CO. The average Bonchev–Trinajstić information content (AvgIpc) is 2.39. The Hall–Kier alpha value is -1.85. The monoisotopic (exact) mass is 236 g/mol. The molecule has 0 aliphatic rings. The molecule has 1 rings (SSSR count). The Morgan fingerprint density at radius 1 is 1.47 bits per heavy atom. The zero-order valence-electron chi connectivity index (χ0n) is 9.59. The maximum Gasteiger partial charge on any atom is 0.421 e. The van der Waals surface area contributed by atoms with Crippen LogP contribution in [0.4, 0.5) is 4.79 Å². The van der Waals surface area contributed by atoms with E-state index in [0.29, 0.717) is 0 Å². The predicted octanol–water partition coefficient (Wildman–Crippen LogP) is 0.921. The number of hydrogen-bond donors (Lipinski definition) is 3. The zero-order chi connectivity index (χ0) is 12.5. The van der Waals surface area contributed by atoms with Gasteiger partial charge in [0.2, 0.25) is 0 Å². The first-order valence-corrected chi connectivity index (χ1v) is 5.20. The molecular weight excluding hydrogens is 220 g/mol. The van der Waals surface area contributed by atoms with E-state index in [4.69, 9.17) is 5.11 Å². The van der Waals surface area contributed by atoms with Crippen LogP contribution < -0.4 is 10.9 Å². The highest BCUT2D eigenvalue weighted by molar-refractivity contribution is 5.66. The number of aliphatic hydroxyl groups excluding tert-OH is 1. The summed E-state index contributed by atoms with van der Waals surface area (Å²) in [5.41, 5.74) is 5.95. The van der Waals surface area contributed by atoms with E-state index in [0.717, 1.165) is 5.56 Å². The van der Waals surface area contributed by atoms with Crippen molar-refractivity contribution in [2.45, 2.75) is 6.04 Å². The third-order valence-electron chi connectivity index (χ3n) is 2.06. The summed E-state index contributed by atoms with van der Waals surface area (Å²) in [5.74, 6) is 0. The molecule has 1 amide bonds. The van der Waals surface area contributed by atoms with Gasteiger partial charge in [-0.1, -0.05) is 42.5 Å². The van der Waals surface area contributed by atoms with E-state index in [9.17, 15) is 4.79 Å². The van der Waals surface area contributed by atoms with E-state index in [1.54, 1.807) is 6.08 Å². The summed E-state index contributed by atoms with van der Waals surface area (Å²) in [7, 11) is 1.27. The number of amides is 1. The van der Waals surface area contributed by atoms with Crippen LogP contribution in [0, 0.1) is 0 Å². The molecule has 5 nitrogen and oxygen atoms in total. The van der Waals surface area contributed by atoms with Gasteiger partial charge in [-0.2, -0.15) is 0 Å². The molecule has 1 atom stereocenters. The zero-order valence-corrected chi connectivity index (χ0v) is 9.59. The Labute approximate surface area is 100 Å². The van der Waals surface area contributed by atoms with Crippen molar-refractivity contribution in [1.82, 2.24) is 10.9 Å². The molecule has 1 unspecified atom stereocenters. The van der Waals surface area contributed by atoms with Gasteiger partial charge in [-0.25, -0.2) is 10.2 Å². The third-order valence-corrected chi connectivity index (χ3v) is 2.06. The number of carbonyl (C=O) groups is 1. The summed E-state index contributed by atoms with van der Waals surface area (Å²) in [6.45, 7) is -0.132. The van der Waals surface area contributed by atoms with Crippen molar-refractivity contribution in [2.75, 3.05) is 13.7 Å².